The SMILES string of the molecule is Cc1c(C(F)(F)F)nc(-c2cccnc2)n1Cc1cc(Cl)ccc1Cl. The van der Waals surface area contributed by atoms with Gasteiger partial charge in [-0.05, 0) is 42.8 Å². The van der Waals surface area contributed by atoms with Gasteiger partial charge in [0.25, 0.3) is 0 Å². The molecule has 0 aliphatic heterocycles. The fourth-order valence-electron chi connectivity index (χ4n) is 2.55. The van der Waals surface area contributed by atoms with Crippen molar-refractivity contribution in [2.24, 2.45) is 0 Å². The maximum absolute atomic E-state index is 13.3. The Balaban J connectivity index is 2.17. The van der Waals surface area contributed by atoms with Gasteiger partial charge in [-0.1, -0.05) is 23.2 Å². The van der Waals surface area contributed by atoms with Crippen LogP contribution in [0.1, 0.15) is 17.0 Å². The van der Waals surface area contributed by atoms with Gasteiger partial charge in [-0.25, -0.2) is 4.98 Å². The van der Waals surface area contributed by atoms with Crippen molar-refractivity contribution in [2.75, 3.05) is 0 Å². The van der Waals surface area contributed by atoms with Crippen molar-refractivity contribution in [3.05, 3.63) is 69.7 Å². The molecule has 0 N–H and O–H groups in total. The van der Waals surface area contributed by atoms with Crippen LogP contribution >= 0.6 is 23.2 Å². The van der Waals surface area contributed by atoms with Crippen LogP contribution in [0.4, 0.5) is 13.2 Å². The molecule has 0 saturated heterocycles. The Labute approximate surface area is 152 Å². The molecule has 0 amide bonds. The van der Waals surface area contributed by atoms with Gasteiger partial charge in [-0.2, -0.15) is 13.2 Å². The van der Waals surface area contributed by atoms with Crippen LogP contribution in [-0.2, 0) is 12.7 Å². The number of hydrogen-bond acceptors (Lipinski definition) is 2. The third-order valence-electron chi connectivity index (χ3n) is 3.75. The first-order chi connectivity index (χ1) is 11.8. The summed E-state index contributed by atoms with van der Waals surface area (Å²) in [4.78, 5) is 7.78. The zero-order valence-corrected chi connectivity index (χ0v) is 14.5. The van der Waals surface area contributed by atoms with E-state index in [1.807, 2.05) is 0 Å². The second kappa shape index (κ2) is 6.69. The van der Waals surface area contributed by atoms with Crippen molar-refractivity contribution in [2.45, 2.75) is 19.6 Å². The summed E-state index contributed by atoms with van der Waals surface area (Å²) >= 11 is 12.2. The molecule has 0 spiro atoms. The van der Waals surface area contributed by atoms with Crippen LogP contribution in [0.3, 0.4) is 0 Å². The lowest BCUT2D eigenvalue weighted by Gasteiger charge is -2.12. The summed E-state index contributed by atoms with van der Waals surface area (Å²) < 4.78 is 41.4. The summed E-state index contributed by atoms with van der Waals surface area (Å²) in [5.41, 5.74) is 0.166. The van der Waals surface area contributed by atoms with E-state index in [2.05, 4.69) is 9.97 Å². The van der Waals surface area contributed by atoms with Crippen LogP contribution in [-0.4, -0.2) is 14.5 Å². The Morgan fingerprint density at radius 1 is 1.16 bits per heavy atom. The molecular weight excluding hydrogens is 374 g/mol. The first kappa shape index (κ1) is 17.8. The highest BCUT2D eigenvalue weighted by Crippen LogP contribution is 2.35. The minimum atomic E-state index is -4.55. The highest BCUT2D eigenvalue weighted by Gasteiger charge is 2.37. The molecule has 130 valence electrons. The number of halogens is 5. The summed E-state index contributed by atoms with van der Waals surface area (Å²) in [6.07, 6.45) is -1.54. The van der Waals surface area contributed by atoms with Gasteiger partial charge in [-0.3, -0.25) is 4.98 Å². The van der Waals surface area contributed by atoms with E-state index in [1.165, 1.54) is 17.7 Å². The van der Waals surface area contributed by atoms with Crippen LogP contribution < -0.4 is 0 Å². The molecule has 0 aliphatic rings. The zero-order valence-electron chi connectivity index (χ0n) is 13.0. The van der Waals surface area contributed by atoms with Gasteiger partial charge in [0.2, 0.25) is 0 Å². The lowest BCUT2D eigenvalue weighted by atomic mass is 10.2. The van der Waals surface area contributed by atoms with Crippen LogP contribution in [0.2, 0.25) is 10.0 Å². The molecule has 25 heavy (non-hydrogen) atoms. The fourth-order valence-corrected chi connectivity index (χ4v) is 2.92. The van der Waals surface area contributed by atoms with Gasteiger partial charge in [-0.15, -0.1) is 0 Å². The Morgan fingerprint density at radius 2 is 1.92 bits per heavy atom. The Hall–Kier alpha value is -2.05. The molecule has 3 aromatic rings. The maximum Gasteiger partial charge on any atom is 0.435 e. The van der Waals surface area contributed by atoms with E-state index >= 15 is 0 Å². The molecule has 0 atom stereocenters. The van der Waals surface area contributed by atoms with Crippen LogP contribution in [0.15, 0.2) is 42.7 Å². The van der Waals surface area contributed by atoms with E-state index in [4.69, 9.17) is 23.2 Å². The monoisotopic (exact) mass is 385 g/mol. The smallest absolute Gasteiger partial charge is 0.323 e. The number of hydrogen-bond donors (Lipinski definition) is 0. The standard InChI is InChI=1S/C17H12Cl2F3N3/c1-10-15(17(20,21)22)24-16(11-3-2-6-23-8-11)25(10)9-12-7-13(18)4-5-14(12)19/h2-8H,9H2,1H3. The van der Waals surface area contributed by atoms with Crippen molar-refractivity contribution >= 4 is 23.2 Å². The average Bonchev–Trinajstić information content (AvgIpc) is 2.89. The van der Waals surface area contributed by atoms with Crippen molar-refractivity contribution < 1.29 is 13.2 Å². The van der Waals surface area contributed by atoms with Crippen molar-refractivity contribution in [3.63, 3.8) is 0 Å². The molecule has 0 unspecified atom stereocenters. The molecule has 0 bridgehead atoms. The summed E-state index contributed by atoms with van der Waals surface area (Å²) in [5, 5.41) is 0.874. The highest BCUT2D eigenvalue weighted by atomic mass is 35.5. The molecule has 1 aromatic carbocycles. The van der Waals surface area contributed by atoms with Crippen LogP contribution in [0, 0.1) is 6.92 Å². The number of pyridine rings is 1. The first-order valence-corrected chi connectivity index (χ1v) is 8.01. The number of nitrogens with zero attached hydrogens (tertiary/aromatic N) is 3. The number of benzene rings is 1. The molecule has 8 heteroatoms. The topological polar surface area (TPSA) is 30.7 Å². The molecule has 0 radical (unpaired) electrons. The van der Waals surface area contributed by atoms with Crippen LogP contribution in [0.5, 0.6) is 0 Å². The second-order valence-electron chi connectivity index (χ2n) is 5.43. The predicted molar refractivity (Wildman–Crippen MR) is 90.8 cm³/mol. The second-order valence-corrected chi connectivity index (χ2v) is 6.27. The van der Waals surface area contributed by atoms with E-state index in [1.54, 1.807) is 36.5 Å². The third kappa shape index (κ3) is 3.65. The number of imidazole rings is 1. The fraction of sp³-hybridized carbons (Fsp3) is 0.176. The maximum atomic E-state index is 13.3. The van der Waals surface area contributed by atoms with Gasteiger partial charge in [0.05, 0.1) is 6.54 Å². The summed E-state index contributed by atoms with van der Waals surface area (Å²) in [6, 6.07) is 8.16. The number of rotatable bonds is 3. The van der Waals surface area contributed by atoms with Gasteiger partial charge >= 0.3 is 6.18 Å². The average molecular weight is 386 g/mol. The molecule has 0 aliphatic carbocycles. The lowest BCUT2D eigenvalue weighted by molar-refractivity contribution is -0.141. The molecule has 3 rings (SSSR count). The largest absolute Gasteiger partial charge is 0.435 e. The third-order valence-corrected chi connectivity index (χ3v) is 4.35. The molecule has 3 nitrogen and oxygen atoms in total. The minimum absolute atomic E-state index is 0.00222. The van der Waals surface area contributed by atoms with E-state index in [0.29, 0.717) is 21.2 Å². The van der Waals surface area contributed by atoms with E-state index in [9.17, 15) is 13.2 Å². The first-order valence-electron chi connectivity index (χ1n) is 7.26. The van der Waals surface area contributed by atoms with Crippen LogP contribution in [0.25, 0.3) is 11.4 Å². The van der Waals surface area contributed by atoms with Gasteiger partial charge in [0.1, 0.15) is 5.82 Å². The van der Waals surface area contributed by atoms with Gasteiger partial charge in [0, 0.05) is 33.7 Å². The summed E-state index contributed by atoms with van der Waals surface area (Å²) in [7, 11) is 0. The van der Waals surface area contributed by atoms with Crippen molar-refractivity contribution in [1.29, 1.82) is 0 Å². The van der Waals surface area contributed by atoms with Gasteiger partial charge < -0.3 is 4.57 Å². The normalized spacial score (nSPS) is 11.8. The summed E-state index contributed by atoms with van der Waals surface area (Å²) in [5.74, 6) is 0.175. The van der Waals surface area contributed by atoms with Crippen molar-refractivity contribution in [3.8, 4) is 11.4 Å². The molecule has 2 heterocycles. The minimum Gasteiger partial charge on any atom is -0.323 e. The van der Waals surface area contributed by atoms with E-state index < -0.39 is 11.9 Å². The van der Waals surface area contributed by atoms with Crippen molar-refractivity contribution in [1.82, 2.24) is 14.5 Å². The quantitative estimate of drug-likeness (QED) is 0.584. The molecule has 2 aromatic heterocycles. The molecule has 0 fully saturated rings. The highest BCUT2D eigenvalue weighted by molar-refractivity contribution is 6.33. The van der Waals surface area contributed by atoms with E-state index in [0.717, 1.165) is 0 Å². The molecule has 0 saturated carbocycles. The van der Waals surface area contributed by atoms with E-state index in [-0.39, 0.29) is 18.1 Å². The predicted octanol–water partition coefficient (Wildman–Crippen LogP) is 5.63. The zero-order chi connectivity index (χ0) is 18.2. The number of alkyl halides is 3. The number of aromatic nitrogens is 3. The Morgan fingerprint density at radius 3 is 2.56 bits per heavy atom. The Bertz CT molecular complexity index is 905. The van der Waals surface area contributed by atoms with Gasteiger partial charge in [0.15, 0.2) is 5.69 Å². The molecular formula is C17H12Cl2F3N3. The summed E-state index contributed by atoms with van der Waals surface area (Å²) in [6.45, 7) is 1.49. The Kier molecular flexibility index (Phi) is 4.75. The lowest BCUT2D eigenvalue weighted by Crippen LogP contribution is -2.09.